The van der Waals surface area contributed by atoms with Gasteiger partial charge >= 0.3 is 0 Å². The second kappa shape index (κ2) is 6.16. The van der Waals surface area contributed by atoms with Crippen molar-refractivity contribution < 1.29 is 4.79 Å². The van der Waals surface area contributed by atoms with Crippen LogP contribution in [0.2, 0.25) is 0 Å². The van der Waals surface area contributed by atoms with E-state index < -0.39 is 0 Å². The van der Waals surface area contributed by atoms with E-state index in [1.54, 1.807) is 6.21 Å². The van der Waals surface area contributed by atoms with E-state index in [-0.39, 0.29) is 5.78 Å². The fourth-order valence-corrected chi connectivity index (χ4v) is 2.91. The van der Waals surface area contributed by atoms with Crippen LogP contribution in [-0.2, 0) is 0 Å². The summed E-state index contributed by atoms with van der Waals surface area (Å²) >= 11 is 0. The van der Waals surface area contributed by atoms with E-state index in [1.807, 2.05) is 66.1 Å². The van der Waals surface area contributed by atoms with Crippen LogP contribution in [0.15, 0.2) is 72.5 Å². The Morgan fingerprint density at radius 1 is 1.04 bits per heavy atom. The number of hydrogen-bond donors (Lipinski definition) is 0. The maximum Gasteiger partial charge on any atom is 0.210 e. The second-order valence-electron chi connectivity index (χ2n) is 5.62. The summed E-state index contributed by atoms with van der Waals surface area (Å²) in [6, 6.07) is 15.1. The van der Waals surface area contributed by atoms with Crippen LogP contribution >= 0.6 is 0 Å². The molecule has 0 aliphatic rings. The Balaban J connectivity index is 1.88. The van der Waals surface area contributed by atoms with Gasteiger partial charge in [-0.15, -0.1) is 10.2 Å². The molecule has 25 heavy (non-hydrogen) atoms. The number of carbonyl (C=O) groups excluding carboxylic acids is 1. The van der Waals surface area contributed by atoms with Crippen LogP contribution in [-0.4, -0.2) is 31.3 Å². The molecule has 0 bridgehead atoms. The zero-order valence-corrected chi connectivity index (χ0v) is 13.6. The number of aromatic nitrogens is 4. The molecule has 0 atom stereocenters. The highest BCUT2D eigenvalue weighted by Crippen LogP contribution is 2.24. The quantitative estimate of drug-likeness (QED) is 0.427. The third-order valence-electron chi connectivity index (χ3n) is 4.11. The molecule has 122 valence electrons. The molecule has 4 aromatic rings. The predicted octanol–water partition coefficient (Wildman–Crippen LogP) is 2.95. The molecule has 4 rings (SSSR count). The van der Waals surface area contributed by atoms with Crippen molar-refractivity contribution in [3.63, 3.8) is 0 Å². The van der Waals surface area contributed by atoms with Gasteiger partial charge in [0.1, 0.15) is 12.7 Å². The summed E-state index contributed by atoms with van der Waals surface area (Å²) in [7, 11) is 0. The van der Waals surface area contributed by atoms with Gasteiger partial charge in [-0.25, -0.2) is 4.68 Å². The molecule has 0 unspecified atom stereocenters. The summed E-state index contributed by atoms with van der Waals surface area (Å²) in [6.07, 6.45) is 6.66. The molecule has 3 aromatic heterocycles. The van der Waals surface area contributed by atoms with E-state index in [1.165, 1.54) is 17.3 Å². The second-order valence-corrected chi connectivity index (χ2v) is 5.62. The van der Waals surface area contributed by atoms with Gasteiger partial charge in [0.25, 0.3) is 0 Å². The summed E-state index contributed by atoms with van der Waals surface area (Å²) < 4.78 is 3.43. The summed E-state index contributed by atoms with van der Waals surface area (Å²) in [6.45, 7) is 1.94. The van der Waals surface area contributed by atoms with Gasteiger partial charge < -0.3 is 4.40 Å². The Kier molecular flexibility index (Phi) is 3.70. The van der Waals surface area contributed by atoms with Gasteiger partial charge in [0.05, 0.1) is 17.4 Å². The van der Waals surface area contributed by atoms with Gasteiger partial charge in [0, 0.05) is 17.3 Å². The van der Waals surface area contributed by atoms with Crippen molar-refractivity contribution >= 4 is 17.5 Å². The summed E-state index contributed by atoms with van der Waals surface area (Å²) in [5.74, 6) is -0.0109. The van der Waals surface area contributed by atoms with E-state index in [0.717, 1.165) is 16.6 Å². The van der Waals surface area contributed by atoms with Crippen molar-refractivity contribution in [3.05, 3.63) is 89.8 Å². The van der Waals surface area contributed by atoms with Crippen LogP contribution in [0.1, 0.15) is 27.2 Å². The Labute approximate surface area is 144 Å². The van der Waals surface area contributed by atoms with Crippen molar-refractivity contribution in [1.29, 1.82) is 0 Å². The Morgan fingerprint density at radius 3 is 2.52 bits per heavy atom. The lowest BCUT2D eigenvalue weighted by Crippen LogP contribution is -2.06. The van der Waals surface area contributed by atoms with E-state index >= 15 is 0 Å². The standard InChI is InChI=1S/C19H15N5O/c1-14-16(11-22-23-12-20-21-13-23)17-9-5-6-10-24(17)18(14)19(25)15-7-3-2-4-8-15/h2-13H,1H3/b22-11-. The number of ketones is 1. The third kappa shape index (κ3) is 2.63. The predicted molar refractivity (Wildman–Crippen MR) is 95.0 cm³/mol. The molecule has 0 aliphatic carbocycles. The molecule has 0 spiro atoms. The highest BCUT2D eigenvalue weighted by atomic mass is 16.1. The number of fused-ring (bicyclic) bond motifs is 1. The van der Waals surface area contributed by atoms with Crippen molar-refractivity contribution in [2.24, 2.45) is 5.10 Å². The molecule has 1 aromatic carbocycles. The molecule has 0 fully saturated rings. The SMILES string of the molecule is Cc1c(/C=N\n2cnnc2)c2ccccn2c1C(=O)c1ccccc1. The van der Waals surface area contributed by atoms with Crippen molar-refractivity contribution in [3.8, 4) is 0 Å². The lowest BCUT2D eigenvalue weighted by Gasteiger charge is -2.03. The topological polar surface area (TPSA) is 64.6 Å². The molecule has 0 amide bonds. The molecule has 0 N–H and O–H groups in total. The highest BCUT2D eigenvalue weighted by molar-refractivity contribution is 6.11. The molecule has 6 nitrogen and oxygen atoms in total. The molecular formula is C19H15N5O. The van der Waals surface area contributed by atoms with Crippen molar-refractivity contribution in [2.75, 3.05) is 0 Å². The van der Waals surface area contributed by atoms with Crippen LogP contribution in [0.3, 0.4) is 0 Å². The highest BCUT2D eigenvalue weighted by Gasteiger charge is 2.20. The third-order valence-corrected chi connectivity index (χ3v) is 4.11. The normalized spacial score (nSPS) is 11.4. The lowest BCUT2D eigenvalue weighted by molar-refractivity contribution is 0.103. The largest absolute Gasteiger partial charge is 0.313 e. The number of pyridine rings is 1. The molecule has 0 aliphatic heterocycles. The smallest absolute Gasteiger partial charge is 0.210 e. The fraction of sp³-hybridized carbons (Fsp3) is 0.0526. The molecule has 0 saturated heterocycles. The summed E-state index contributed by atoms with van der Waals surface area (Å²) in [5.41, 5.74) is 4.02. The van der Waals surface area contributed by atoms with Gasteiger partial charge in [0.15, 0.2) is 0 Å². The first-order chi connectivity index (χ1) is 12.3. The molecule has 6 heteroatoms. The summed E-state index contributed by atoms with van der Waals surface area (Å²) in [4.78, 5) is 13.0. The van der Waals surface area contributed by atoms with Crippen molar-refractivity contribution in [1.82, 2.24) is 19.3 Å². The van der Waals surface area contributed by atoms with Gasteiger partial charge in [0.2, 0.25) is 5.78 Å². The Bertz CT molecular complexity index is 1060. The van der Waals surface area contributed by atoms with Crippen molar-refractivity contribution in [2.45, 2.75) is 6.92 Å². The van der Waals surface area contributed by atoms with Crippen LogP contribution in [0.4, 0.5) is 0 Å². The minimum absolute atomic E-state index is 0.0109. The van der Waals surface area contributed by atoms with Crippen LogP contribution in [0, 0.1) is 6.92 Å². The van der Waals surface area contributed by atoms with Gasteiger partial charge in [-0.2, -0.15) is 5.10 Å². The minimum atomic E-state index is -0.0109. The number of hydrogen-bond acceptors (Lipinski definition) is 4. The first-order valence-corrected chi connectivity index (χ1v) is 7.84. The molecule has 0 saturated carbocycles. The van der Waals surface area contributed by atoms with E-state index in [2.05, 4.69) is 15.3 Å². The Hall–Kier alpha value is -3.54. The average Bonchev–Trinajstić information content (AvgIpc) is 3.26. The summed E-state index contributed by atoms with van der Waals surface area (Å²) in [5, 5.41) is 11.8. The van der Waals surface area contributed by atoms with Gasteiger partial charge in [-0.1, -0.05) is 36.4 Å². The van der Waals surface area contributed by atoms with E-state index in [9.17, 15) is 4.79 Å². The molecular weight excluding hydrogens is 314 g/mol. The Morgan fingerprint density at radius 2 is 1.76 bits per heavy atom. The maximum atomic E-state index is 13.0. The van der Waals surface area contributed by atoms with Gasteiger partial charge in [-0.3, -0.25) is 4.79 Å². The zero-order valence-electron chi connectivity index (χ0n) is 13.6. The van der Waals surface area contributed by atoms with Crippen LogP contribution < -0.4 is 0 Å². The van der Waals surface area contributed by atoms with Crippen LogP contribution in [0.5, 0.6) is 0 Å². The van der Waals surface area contributed by atoms with E-state index in [0.29, 0.717) is 11.3 Å². The zero-order chi connectivity index (χ0) is 17.2. The van der Waals surface area contributed by atoms with E-state index in [4.69, 9.17) is 0 Å². The number of carbonyl (C=O) groups is 1. The van der Waals surface area contributed by atoms with Gasteiger partial charge in [-0.05, 0) is 24.6 Å². The number of rotatable bonds is 4. The molecule has 0 radical (unpaired) electrons. The monoisotopic (exact) mass is 329 g/mol. The number of benzene rings is 1. The maximum absolute atomic E-state index is 13.0. The first-order valence-electron chi connectivity index (χ1n) is 7.84. The average molecular weight is 329 g/mol. The number of nitrogens with zero attached hydrogens (tertiary/aromatic N) is 5. The molecule has 3 heterocycles. The fourth-order valence-electron chi connectivity index (χ4n) is 2.91. The lowest BCUT2D eigenvalue weighted by atomic mass is 10.0. The minimum Gasteiger partial charge on any atom is -0.313 e. The first kappa shape index (κ1) is 15.0. The van der Waals surface area contributed by atoms with Crippen LogP contribution in [0.25, 0.3) is 5.52 Å².